The minimum atomic E-state index is -0.759. The van der Waals surface area contributed by atoms with Gasteiger partial charge in [-0.3, -0.25) is 0 Å². The largest absolute Gasteiger partial charge is 0.493 e. The predicted octanol–water partition coefficient (Wildman–Crippen LogP) is 2.17. The lowest BCUT2D eigenvalue weighted by Crippen LogP contribution is -2.15. The minimum absolute atomic E-state index is 0.255. The first-order chi connectivity index (χ1) is 10.2. The van der Waals surface area contributed by atoms with Gasteiger partial charge in [0.05, 0.1) is 19.8 Å². The Labute approximate surface area is 124 Å². The highest BCUT2D eigenvalue weighted by atomic mass is 16.5. The first-order valence-electron chi connectivity index (χ1n) is 6.85. The normalized spacial score (nSPS) is 12.0. The predicted molar refractivity (Wildman–Crippen MR) is 80.6 cm³/mol. The minimum Gasteiger partial charge on any atom is -0.493 e. The summed E-state index contributed by atoms with van der Waals surface area (Å²) in [6.45, 7) is 0.213. The number of rotatable bonds is 7. The van der Waals surface area contributed by atoms with Gasteiger partial charge in [0.2, 0.25) is 0 Å². The van der Waals surface area contributed by atoms with E-state index in [-0.39, 0.29) is 6.61 Å². The van der Waals surface area contributed by atoms with E-state index in [1.54, 1.807) is 7.11 Å². The second-order valence-corrected chi connectivity index (χ2v) is 4.80. The van der Waals surface area contributed by atoms with Gasteiger partial charge in [0, 0.05) is 6.42 Å². The van der Waals surface area contributed by atoms with Crippen LogP contribution in [0.2, 0.25) is 0 Å². The maximum Gasteiger partial charge on any atom is 0.161 e. The Hall–Kier alpha value is -2.04. The number of aliphatic hydroxyl groups is 2. The summed E-state index contributed by atoms with van der Waals surface area (Å²) >= 11 is 0. The third kappa shape index (κ3) is 4.48. The Morgan fingerprint density at radius 2 is 1.76 bits per heavy atom. The maximum absolute atomic E-state index is 9.47. The van der Waals surface area contributed by atoms with Gasteiger partial charge in [-0.25, -0.2) is 0 Å². The van der Waals surface area contributed by atoms with Crippen LogP contribution >= 0.6 is 0 Å². The lowest BCUT2D eigenvalue weighted by Gasteiger charge is -2.13. The summed E-state index contributed by atoms with van der Waals surface area (Å²) in [5.41, 5.74) is 1.97. The van der Waals surface area contributed by atoms with Crippen molar-refractivity contribution in [2.45, 2.75) is 19.1 Å². The van der Waals surface area contributed by atoms with E-state index in [0.717, 1.165) is 11.1 Å². The molecule has 0 saturated heterocycles. The van der Waals surface area contributed by atoms with Crippen LogP contribution in [-0.2, 0) is 13.0 Å². The second-order valence-electron chi connectivity index (χ2n) is 4.80. The average Bonchev–Trinajstić information content (AvgIpc) is 2.54. The van der Waals surface area contributed by atoms with Crippen molar-refractivity contribution >= 4 is 0 Å². The van der Waals surface area contributed by atoms with E-state index >= 15 is 0 Å². The molecular weight excluding hydrogens is 268 g/mol. The number of hydrogen-bond acceptors (Lipinski definition) is 4. The summed E-state index contributed by atoms with van der Waals surface area (Å²) in [4.78, 5) is 0. The smallest absolute Gasteiger partial charge is 0.161 e. The Morgan fingerprint density at radius 3 is 2.43 bits per heavy atom. The van der Waals surface area contributed by atoms with E-state index in [1.165, 1.54) is 0 Å². The fourth-order valence-corrected chi connectivity index (χ4v) is 2.03. The fourth-order valence-electron chi connectivity index (χ4n) is 2.03. The monoisotopic (exact) mass is 288 g/mol. The first kappa shape index (κ1) is 15.4. The molecule has 2 rings (SSSR count). The third-order valence-electron chi connectivity index (χ3n) is 3.15. The fraction of sp³-hybridized carbons (Fsp3) is 0.294. The summed E-state index contributed by atoms with van der Waals surface area (Å²) in [5, 5.41) is 18.4. The molecule has 2 aromatic carbocycles. The summed E-state index contributed by atoms with van der Waals surface area (Å²) in [6, 6.07) is 15.4. The Morgan fingerprint density at radius 1 is 1.00 bits per heavy atom. The molecule has 2 N–H and O–H groups in total. The topological polar surface area (TPSA) is 58.9 Å². The van der Waals surface area contributed by atoms with Gasteiger partial charge in [0.15, 0.2) is 11.5 Å². The van der Waals surface area contributed by atoms with E-state index in [4.69, 9.17) is 14.6 Å². The molecule has 4 heteroatoms. The molecule has 2 aromatic rings. The molecule has 0 radical (unpaired) electrons. The SMILES string of the molecule is COc1cc(C[C@H](O)CO)ccc1OCc1ccccc1. The van der Waals surface area contributed by atoms with Crippen molar-refractivity contribution in [1.29, 1.82) is 0 Å². The van der Waals surface area contributed by atoms with Crippen molar-refractivity contribution in [1.82, 2.24) is 0 Å². The third-order valence-corrected chi connectivity index (χ3v) is 3.15. The van der Waals surface area contributed by atoms with E-state index < -0.39 is 6.10 Å². The van der Waals surface area contributed by atoms with Gasteiger partial charge in [-0.2, -0.15) is 0 Å². The van der Waals surface area contributed by atoms with E-state index in [1.807, 2.05) is 48.5 Å². The average molecular weight is 288 g/mol. The maximum atomic E-state index is 9.47. The zero-order valence-electron chi connectivity index (χ0n) is 12.0. The van der Waals surface area contributed by atoms with Gasteiger partial charge in [0.25, 0.3) is 0 Å². The van der Waals surface area contributed by atoms with E-state index in [0.29, 0.717) is 24.5 Å². The zero-order chi connectivity index (χ0) is 15.1. The molecule has 1 atom stereocenters. The molecule has 0 saturated carbocycles. The van der Waals surface area contributed by atoms with Crippen molar-refractivity contribution in [2.75, 3.05) is 13.7 Å². The molecule has 0 fully saturated rings. The molecular formula is C17H20O4. The molecule has 4 nitrogen and oxygen atoms in total. The summed E-state index contributed by atoms with van der Waals surface area (Å²) < 4.78 is 11.1. The molecule has 112 valence electrons. The molecule has 0 heterocycles. The molecule has 0 aliphatic rings. The summed E-state index contributed by atoms with van der Waals surface area (Å²) in [5.74, 6) is 1.28. The van der Waals surface area contributed by atoms with Gasteiger partial charge in [-0.05, 0) is 23.3 Å². The van der Waals surface area contributed by atoms with Crippen molar-refractivity contribution in [3.63, 3.8) is 0 Å². The highest BCUT2D eigenvalue weighted by Gasteiger charge is 2.09. The van der Waals surface area contributed by atoms with Gasteiger partial charge >= 0.3 is 0 Å². The Bertz CT molecular complexity index is 554. The molecule has 0 bridgehead atoms. The summed E-state index contributed by atoms with van der Waals surface area (Å²) in [7, 11) is 1.58. The van der Waals surface area contributed by atoms with Crippen LogP contribution in [0.4, 0.5) is 0 Å². The Kier molecular flexibility index (Phi) is 5.60. The van der Waals surface area contributed by atoms with Crippen molar-refractivity contribution in [3.05, 3.63) is 59.7 Å². The van der Waals surface area contributed by atoms with Crippen LogP contribution in [0, 0.1) is 0 Å². The number of benzene rings is 2. The highest BCUT2D eigenvalue weighted by Crippen LogP contribution is 2.29. The lowest BCUT2D eigenvalue weighted by atomic mass is 10.1. The second kappa shape index (κ2) is 7.67. The standard InChI is InChI=1S/C17H20O4/c1-20-17-10-14(9-15(19)11-18)7-8-16(17)21-12-13-5-3-2-4-6-13/h2-8,10,15,18-19H,9,11-12H2,1H3/t15-/m0/s1. The molecule has 0 aromatic heterocycles. The zero-order valence-corrected chi connectivity index (χ0v) is 12.0. The molecule has 0 amide bonds. The van der Waals surface area contributed by atoms with Crippen molar-refractivity contribution < 1.29 is 19.7 Å². The quantitative estimate of drug-likeness (QED) is 0.820. The van der Waals surface area contributed by atoms with Crippen LogP contribution in [0.15, 0.2) is 48.5 Å². The number of hydrogen-bond donors (Lipinski definition) is 2. The molecule has 0 spiro atoms. The number of ether oxygens (including phenoxy) is 2. The first-order valence-corrected chi connectivity index (χ1v) is 6.85. The van der Waals surface area contributed by atoms with Crippen molar-refractivity contribution in [3.8, 4) is 11.5 Å². The number of aliphatic hydroxyl groups excluding tert-OH is 2. The Balaban J connectivity index is 2.05. The van der Waals surface area contributed by atoms with Crippen LogP contribution in [0.25, 0.3) is 0 Å². The van der Waals surface area contributed by atoms with Gasteiger partial charge in [0.1, 0.15) is 6.61 Å². The van der Waals surface area contributed by atoms with Crippen molar-refractivity contribution in [2.24, 2.45) is 0 Å². The molecule has 0 aliphatic carbocycles. The van der Waals surface area contributed by atoms with E-state index in [9.17, 15) is 5.11 Å². The molecule has 0 aliphatic heterocycles. The van der Waals surface area contributed by atoms with Crippen LogP contribution < -0.4 is 9.47 Å². The van der Waals surface area contributed by atoms with Crippen LogP contribution in [0.3, 0.4) is 0 Å². The molecule has 0 unspecified atom stereocenters. The number of methoxy groups -OCH3 is 1. The van der Waals surface area contributed by atoms with E-state index in [2.05, 4.69) is 0 Å². The van der Waals surface area contributed by atoms with Crippen LogP contribution in [0.1, 0.15) is 11.1 Å². The van der Waals surface area contributed by atoms with Gasteiger partial charge in [-0.15, -0.1) is 0 Å². The van der Waals surface area contributed by atoms with Gasteiger partial charge < -0.3 is 19.7 Å². The summed E-state index contributed by atoms with van der Waals surface area (Å²) in [6.07, 6.45) is -0.378. The lowest BCUT2D eigenvalue weighted by molar-refractivity contribution is 0.0954. The highest BCUT2D eigenvalue weighted by molar-refractivity contribution is 5.43. The molecule has 21 heavy (non-hydrogen) atoms. The van der Waals surface area contributed by atoms with Crippen LogP contribution in [0.5, 0.6) is 11.5 Å². The van der Waals surface area contributed by atoms with Crippen LogP contribution in [-0.4, -0.2) is 30.0 Å². The van der Waals surface area contributed by atoms with Gasteiger partial charge in [-0.1, -0.05) is 36.4 Å².